The molecule has 0 aromatic rings. The van der Waals surface area contributed by atoms with Crippen LogP contribution < -0.4 is 0 Å². The van der Waals surface area contributed by atoms with Gasteiger partial charge in [0.05, 0.1) is 0 Å². The Labute approximate surface area is 45.7 Å². The summed E-state index contributed by atoms with van der Waals surface area (Å²) in [5.74, 6) is 1.83. The van der Waals surface area contributed by atoms with Crippen LogP contribution in [-0.4, -0.2) is 22.5 Å². The first-order valence-corrected chi connectivity index (χ1v) is 4.98. The maximum atomic E-state index is 9.60. The normalized spacial score (nSPS) is 7.50. The summed E-state index contributed by atoms with van der Waals surface area (Å²) in [5, 5.41) is 1.01. The molecule has 0 rings (SSSR count). The molecule has 0 aliphatic heterocycles. The molecule has 0 atom stereocenters. The van der Waals surface area contributed by atoms with Gasteiger partial charge in [0.2, 0.25) is 0 Å². The van der Waals surface area contributed by atoms with E-state index in [4.69, 9.17) is 0 Å². The van der Waals surface area contributed by atoms with Gasteiger partial charge in [-0.1, -0.05) is 0 Å². The second-order valence-corrected chi connectivity index (χ2v) is 2.72. The van der Waals surface area contributed by atoms with Crippen molar-refractivity contribution in [3.8, 4) is 0 Å². The van der Waals surface area contributed by atoms with Crippen LogP contribution in [0.5, 0.6) is 0 Å². The Bertz CT molecular complexity index is 81.5. The van der Waals surface area contributed by atoms with Crippen molar-refractivity contribution in [3.63, 3.8) is 0 Å². The van der Waals surface area contributed by atoms with Crippen molar-refractivity contribution >= 4 is 22.5 Å². The summed E-state index contributed by atoms with van der Waals surface area (Å²) in [6.45, 7) is 1.82. The molecule has 0 radical (unpaired) electrons. The van der Waals surface area contributed by atoms with E-state index in [2.05, 4.69) is 0 Å². The molecule has 1 nitrogen and oxygen atoms in total. The molecular weight excluding hydrogens is 137 g/mol. The van der Waals surface area contributed by atoms with Gasteiger partial charge < -0.3 is 0 Å². The third-order valence-corrected chi connectivity index (χ3v) is 2.93. The summed E-state index contributed by atoms with van der Waals surface area (Å²) >= 11 is 0.786. The molecular formula is C4H8GeO. The van der Waals surface area contributed by atoms with Crippen molar-refractivity contribution < 1.29 is 4.79 Å². The van der Waals surface area contributed by atoms with E-state index in [0.717, 1.165) is 27.3 Å². The Morgan fingerprint density at radius 1 is 2.00 bits per heavy atom. The average Bonchev–Trinajstić information content (AvgIpc) is 1.65. The van der Waals surface area contributed by atoms with E-state index in [1.54, 1.807) is 0 Å². The van der Waals surface area contributed by atoms with E-state index in [1.807, 2.05) is 12.9 Å². The fraction of sp³-hybridized carbons (Fsp3) is 0.500. The number of hydrogen-bond donors (Lipinski definition) is 0. The van der Waals surface area contributed by atoms with Crippen LogP contribution in [0.1, 0.15) is 6.92 Å². The quantitative estimate of drug-likeness (QED) is 0.360. The zero-order valence-electron chi connectivity index (χ0n) is 4.12. The van der Waals surface area contributed by atoms with Crippen molar-refractivity contribution in [1.29, 1.82) is 0 Å². The molecule has 0 saturated carbocycles. The fourth-order valence-corrected chi connectivity index (χ4v) is 0.375. The number of hydrogen-bond acceptors (Lipinski definition) is 1. The van der Waals surface area contributed by atoms with Gasteiger partial charge in [0.1, 0.15) is 0 Å². The van der Waals surface area contributed by atoms with Crippen LogP contribution in [0.2, 0.25) is 5.25 Å². The molecule has 0 amide bonds. The van der Waals surface area contributed by atoms with E-state index in [1.165, 1.54) is 0 Å². The van der Waals surface area contributed by atoms with Crippen LogP contribution in [0.3, 0.4) is 0 Å². The Hall–Kier alpha value is -0.00714. The van der Waals surface area contributed by atoms with Gasteiger partial charge in [-0.15, -0.1) is 0 Å². The van der Waals surface area contributed by atoms with E-state index >= 15 is 0 Å². The molecule has 0 unspecified atom stereocenters. The molecule has 0 saturated heterocycles. The predicted octanol–water partition coefficient (Wildman–Crippen LogP) is -0.452. The summed E-state index contributed by atoms with van der Waals surface area (Å²) in [5.41, 5.74) is 0.870. The molecule has 0 aromatic heterocycles. The summed E-state index contributed by atoms with van der Waals surface area (Å²) in [6.07, 6.45) is 0. The van der Waals surface area contributed by atoms with Gasteiger partial charge in [-0.3, -0.25) is 0 Å². The van der Waals surface area contributed by atoms with Crippen LogP contribution >= 0.6 is 0 Å². The van der Waals surface area contributed by atoms with Crippen LogP contribution in [0.4, 0.5) is 0 Å². The van der Waals surface area contributed by atoms with Gasteiger partial charge in [0.15, 0.2) is 0 Å². The second kappa shape index (κ2) is 3.19. The van der Waals surface area contributed by atoms with Crippen LogP contribution in [0.15, 0.2) is 5.57 Å². The molecule has 0 N–H and O–H groups in total. The molecule has 0 spiro atoms. The van der Waals surface area contributed by atoms with Gasteiger partial charge in [-0.25, -0.2) is 0 Å². The maximum absolute atomic E-state index is 9.60. The van der Waals surface area contributed by atoms with Crippen molar-refractivity contribution in [2.75, 3.05) is 0 Å². The molecule has 0 aliphatic carbocycles. The fourth-order valence-electron chi connectivity index (χ4n) is 0.0722. The first-order valence-electron chi connectivity index (χ1n) is 2.01. The van der Waals surface area contributed by atoms with E-state index in [9.17, 15) is 4.79 Å². The number of allylic oxidation sites excluding steroid dienone is 1. The van der Waals surface area contributed by atoms with Gasteiger partial charge in [0.25, 0.3) is 0 Å². The van der Waals surface area contributed by atoms with Gasteiger partial charge in [0, 0.05) is 0 Å². The summed E-state index contributed by atoms with van der Waals surface area (Å²) in [6, 6.07) is 0. The van der Waals surface area contributed by atoms with Crippen LogP contribution in [0.25, 0.3) is 0 Å². The molecule has 34 valence electrons. The van der Waals surface area contributed by atoms with Gasteiger partial charge in [-0.05, 0) is 0 Å². The summed E-state index contributed by atoms with van der Waals surface area (Å²) in [4.78, 5) is 9.60. The first-order chi connectivity index (χ1) is 2.81. The molecule has 0 bridgehead atoms. The minimum atomic E-state index is 0.786. The number of carbonyl (C=O) groups excluding carboxylic acids is 1. The van der Waals surface area contributed by atoms with Gasteiger partial charge in [-0.2, -0.15) is 0 Å². The van der Waals surface area contributed by atoms with Crippen molar-refractivity contribution in [1.82, 2.24) is 0 Å². The molecule has 0 heterocycles. The Morgan fingerprint density at radius 2 is 2.50 bits per heavy atom. The Kier molecular flexibility index (Phi) is 3.19. The number of rotatable bonds is 1. The monoisotopic (exact) mass is 146 g/mol. The summed E-state index contributed by atoms with van der Waals surface area (Å²) < 4.78 is 0. The molecule has 0 aromatic carbocycles. The van der Waals surface area contributed by atoms with Crippen LogP contribution in [0, 0.1) is 0 Å². The van der Waals surface area contributed by atoms with Crippen molar-refractivity contribution in [2.45, 2.75) is 12.2 Å². The molecule has 6 heavy (non-hydrogen) atoms. The predicted molar refractivity (Wildman–Crippen MR) is 29.6 cm³/mol. The standard InChI is InChI=1S/C4H8GeO/c1-4(2-5)3-6/h2H2,1,5H3. The topological polar surface area (TPSA) is 17.1 Å². The second-order valence-electron chi connectivity index (χ2n) is 1.24. The van der Waals surface area contributed by atoms with E-state index in [-0.39, 0.29) is 0 Å². The average molecular weight is 145 g/mol. The SMILES string of the molecule is CC(=C=O)[CH2][GeH3]. The third kappa shape index (κ3) is 2.24. The zero-order chi connectivity index (χ0) is 4.99. The first kappa shape index (κ1) is 5.99. The minimum absolute atomic E-state index is 0.786. The molecule has 2 heteroatoms. The molecule has 0 fully saturated rings. The zero-order valence-corrected chi connectivity index (χ0v) is 8.31. The summed E-state index contributed by atoms with van der Waals surface area (Å²) in [7, 11) is 0. The van der Waals surface area contributed by atoms with Crippen molar-refractivity contribution in [3.05, 3.63) is 5.57 Å². The Morgan fingerprint density at radius 3 is 2.50 bits per heavy atom. The van der Waals surface area contributed by atoms with E-state index < -0.39 is 0 Å². The molecule has 0 aliphatic rings. The van der Waals surface area contributed by atoms with Crippen molar-refractivity contribution in [2.24, 2.45) is 0 Å². The third-order valence-electron chi connectivity index (χ3n) is 0.705. The van der Waals surface area contributed by atoms with Gasteiger partial charge >= 0.3 is 45.0 Å². The Balaban J connectivity index is 3.52. The van der Waals surface area contributed by atoms with Crippen LogP contribution in [-0.2, 0) is 4.79 Å². The van der Waals surface area contributed by atoms with E-state index in [0.29, 0.717) is 0 Å².